The highest BCUT2D eigenvalue weighted by Gasteiger charge is 2.38. The van der Waals surface area contributed by atoms with E-state index in [2.05, 4.69) is 12.2 Å². The fourth-order valence-electron chi connectivity index (χ4n) is 4.63. The van der Waals surface area contributed by atoms with Crippen LogP contribution in [0.2, 0.25) is 0 Å². The molecule has 2 aromatic rings. The molecule has 4 rings (SSSR count). The molecule has 4 amide bonds. The van der Waals surface area contributed by atoms with Gasteiger partial charge in [0.15, 0.2) is 0 Å². The van der Waals surface area contributed by atoms with Gasteiger partial charge in [0.1, 0.15) is 0 Å². The summed E-state index contributed by atoms with van der Waals surface area (Å²) in [6, 6.07) is 15.7. The third kappa shape index (κ3) is 5.18. The molecule has 0 radical (unpaired) electrons. The number of likely N-dealkylation sites (tertiary alicyclic amines) is 1. The van der Waals surface area contributed by atoms with Gasteiger partial charge in [-0.05, 0) is 43.4 Å². The highest BCUT2D eigenvalue weighted by molar-refractivity contribution is 6.35. The van der Waals surface area contributed by atoms with Gasteiger partial charge < -0.3 is 20.0 Å². The van der Waals surface area contributed by atoms with E-state index in [-0.39, 0.29) is 12.1 Å². The van der Waals surface area contributed by atoms with Crippen LogP contribution in [-0.4, -0.2) is 64.8 Å². The summed E-state index contributed by atoms with van der Waals surface area (Å²) in [5.41, 5.74) is 4.14. The zero-order valence-electron chi connectivity index (χ0n) is 19.4. The number of urea groups is 1. The standard InChI is InChI=1S/C26H32N4O3/c1-3-21-6-4-5-7-23(21)27-26(33)28-14-12-22(13-15-28)30-17-16-29(24(31)25(30)32)18-20-10-8-19(2)9-11-20/h4-11,22H,3,12-18H2,1-2H3,(H,27,33). The maximum absolute atomic E-state index is 12.8. The quantitative estimate of drug-likeness (QED) is 0.713. The number of anilines is 1. The average Bonchev–Trinajstić information content (AvgIpc) is 2.84. The van der Waals surface area contributed by atoms with E-state index in [0.717, 1.165) is 23.2 Å². The molecule has 174 valence electrons. The molecule has 2 heterocycles. The molecule has 33 heavy (non-hydrogen) atoms. The largest absolute Gasteiger partial charge is 0.330 e. The van der Waals surface area contributed by atoms with Gasteiger partial charge in [-0.25, -0.2) is 4.79 Å². The van der Waals surface area contributed by atoms with Crippen LogP contribution < -0.4 is 5.32 Å². The van der Waals surface area contributed by atoms with E-state index in [0.29, 0.717) is 45.6 Å². The molecular weight excluding hydrogens is 416 g/mol. The number of aryl methyl sites for hydroxylation is 2. The molecule has 0 unspecified atom stereocenters. The Bertz CT molecular complexity index is 1010. The summed E-state index contributed by atoms with van der Waals surface area (Å²) in [5, 5.41) is 3.02. The number of hydrogen-bond donors (Lipinski definition) is 1. The first-order valence-electron chi connectivity index (χ1n) is 11.8. The number of piperidine rings is 1. The minimum atomic E-state index is -0.432. The van der Waals surface area contributed by atoms with Crippen LogP contribution in [0, 0.1) is 6.92 Å². The smallest absolute Gasteiger partial charge is 0.321 e. The fraction of sp³-hybridized carbons (Fsp3) is 0.423. The minimum Gasteiger partial charge on any atom is -0.330 e. The first-order valence-corrected chi connectivity index (χ1v) is 11.8. The maximum atomic E-state index is 12.8. The van der Waals surface area contributed by atoms with Crippen molar-refractivity contribution in [3.8, 4) is 0 Å². The Hall–Kier alpha value is -3.35. The highest BCUT2D eigenvalue weighted by atomic mass is 16.2. The Balaban J connectivity index is 1.30. The monoisotopic (exact) mass is 448 g/mol. The van der Waals surface area contributed by atoms with E-state index in [1.165, 1.54) is 5.56 Å². The topological polar surface area (TPSA) is 73.0 Å². The predicted octanol–water partition coefficient (Wildman–Crippen LogP) is 3.42. The third-order valence-corrected chi connectivity index (χ3v) is 6.67. The van der Waals surface area contributed by atoms with Crippen LogP contribution in [0.15, 0.2) is 48.5 Å². The van der Waals surface area contributed by atoms with Crippen LogP contribution in [-0.2, 0) is 22.6 Å². The van der Waals surface area contributed by atoms with E-state index in [4.69, 9.17) is 0 Å². The Morgan fingerprint density at radius 2 is 1.64 bits per heavy atom. The van der Waals surface area contributed by atoms with E-state index < -0.39 is 11.8 Å². The van der Waals surface area contributed by atoms with Gasteiger partial charge in [-0.15, -0.1) is 0 Å². The SMILES string of the molecule is CCc1ccccc1NC(=O)N1CCC(N2CCN(Cc3ccc(C)cc3)C(=O)C2=O)CC1. The van der Waals surface area contributed by atoms with Crippen molar-refractivity contribution in [2.75, 3.05) is 31.5 Å². The van der Waals surface area contributed by atoms with E-state index in [1.807, 2.05) is 55.5 Å². The number of carbonyl (C=O) groups is 3. The van der Waals surface area contributed by atoms with Crippen LogP contribution in [0.1, 0.15) is 36.5 Å². The van der Waals surface area contributed by atoms with Crippen molar-refractivity contribution in [1.82, 2.24) is 14.7 Å². The maximum Gasteiger partial charge on any atom is 0.321 e. The van der Waals surface area contributed by atoms with Crippen LogP contribution in [0.3, 0.4) is 0 Å². The summed E-state index contributed by atoms with van der Waals surface area (Å²) in [7, 11) is 0. The van der Waals surface area contributed by atoms with Crippen LogP contribution >= 0.6 is 0 Å². The molecule has 0 atom stereocenters. The average molecular weight is 449 g/mol. The molecule has 2 aliphatic rings. The molecule has 0 aliphatic carbocycles. The molecule has 0 bridgehead atoms. The number of benzene rings is 2. The summed E-state index contributed by atoms with van der Waals surface area (Å²) >= 11 is 0. The van der Waals surface area contributed by atoms with Gasteiger partial charge in [0, 0.05) is 44.5 Å². The number of nitrogens with zero attached hydrogens (tertiary/aromatic N) is 3. The number of nitrogens with one attached hydrogen (secondary N) is 1. The molecule has 2 fully saturated rings. The lowest BCUT2D eigenvalue weighted by Gasteiger charge is -2.42. The fourth-order valence-corrected chi connectivity index (χ4v) is 4.63. The second-order valence-electron chi connectivity index (χ2n) is 8.87. The Labute approximate surface area is 195 Å². The summed E-state index contributed by atoms with van der Waals surface area (Å²) in [6.45, 7) is 6.75. The number of rotatable bonds is 5. The zero-order chi connectivity index (χ0) is 23.4. The molecule has 7 nitrogen and oxygen atoms in total. The Morgan fingerprint density at radius 3 is 2.33 bits per heavy atom. The van der Waals surface area contributed by atoms with Gasteiger partial charge in [-0.2, -0.15) is 0 Å². The minimum absolute atomic E-state index is 0.00467. The van der Waals surface area contributed by atoms with Gasteiger partial charge in [0.25, 0.3) is 0 Å². The lowest BCUT2D eigenvalue weighted by atomic mass is 10.0. The van der Waals surface area contributed by atoms with Gasteiger partial charge >= 0.3 is 17.8 Å². The van der Waals surface area contributed by atoms with E-state index >= 15 is 0 Å². The first-order chi connectivity index (χ1) is 16.0. The zero-order valence-corrected chi connectivity index (χ0v) is 19.4. The molecule has 7 heteroatoms. The number of piperazine rings is 1. The number of amides is 4. The molecule has 0 saturated carbocycles. The normalized spacial score (nSPS) is 17.5. The second-order valence-corrected chi connectivity index (χ2v) is 8.87. The lowest BCUT2D eigenvalue weighted by Crippen LogP contribution is -2.59. The Kier molecular flexibility index (Phi) is 6.96. The van der Waals surface area contributed by atoms with Gasteiger partial charge in [0.05, 0.1) is 0 Å². The van der Waals surface area contributed by atoms with Crippen LogP contribution in [0.5, 0.6) is 0 Å². The van der Waals surface area contributed by atoms with Crippen molar-refractivity contribution in [3.05, 3.63) is 65.2 Å². The third-order valence-electron chi connectivity index (χ3n) is 6.67. The lowest BCUT2D eigenvalue weighted by molar-refractivity contribution is -0.158. The van der Waals surface area contributed by atoms with Crippen molar-refractivity contribution in [1.29, 1.82) is 0 Å². The highest BCUT2D eigenvalue weighted by Crippen LogP contribution is 2.22. The van der Waals surface area contributed by atoms with Crippen molar-refractivity contribution >= 4 is 23.5 Å². The molecule has 2 aliphatic heterocycles. The van der Waals surface area contributed by atoms with Crippen molar-refractivity contribution < 1.29 is 14.4 Å². The number of para-hydroxylation sites is 1. The van der Waals surface area contributed by atoms with Crippen molar-refractivity contribution in [2.24, 2.45) is 0 Å². The van der Waals surface area contributed by atoms with Crippen molar-refractivity contribution in [2.45, 2.75) is 45.7 Å². The number of carbonyl (C=O) groups excluding carboxylic acids is 3. The molecule has 1 N–H and O–H groups in total. The Morgan fingerprint density at radius 1 is 0.939 bits per heavy atom. The molecular formula is C26H32N4O3. The molecule has 2 saturated heterocycles. The van der Waals surface area contributed by atoms with E-state index in [9.17, 15) is 14.4 Å². The summed E-state index contributed by atoms with van der Waals surface area (Å²) in [6.07, 6.45) is 2.21. The first kappa shape index (κ1) is 22.8. The van der Waals surface area contributed by atoms with Gasteiger partial charge in [-0.3, -0.25) is 9.59 Å². The summed E-state index contributed by atoms with van der Waals surface area (Å²) in [5.74, 6) is -0.855. The van der Waals surface area contributed by atoms with Gasteiger partial charge in [-0.1, -0.05) is 55.0 Å². The molecule has 0 aromatic heterocycles. The second kappa shape index (κ2) is 10.1. The van der Waals surface area contributed by atoms with Crippen LogP contribution in [0.4, 0.5) is 10.5 Å². The van der Waals surface area contributed by atoms with Crippen LogP contribution in [0.25, 0.3) is 0 Å². The van der Waals surface area contributed by atoms with Gasteiger partial charge in [0.2, 0.25) is 0 Å². The molecule has 2 aromatic carbocycles. The predicted molar refractivity (Wildman–Crippen MR) is 128 cm³/mol. The number of hydrogen-bond acceptors (Lipinski definition) is 3. The van der Waals surface area contributed by atoms with E-state index in [1.54, 1.807) is 14.7 Å². The molecule has 0 spiro atoms. The summed E-state index contributed by atoms with van der Waals surface area (Å²) in [4.78, 5) is 43.5. The summed E-state index contributed by atoms with van der Waals surface area (Å²) < 4.78 is 0. The van der Waals surface area contributed by atoms with Crippen molar-refractivity contribution in [3.63, 3.8) is 0 Å².